The van der Waals surface area contributed by atoms with Gasteiger partial charge in [0.2, 0.25) is 11.8 Å². The molecule has 1 heterocycles. The van der Waals surface area contributed by atoms with E-state index in [9.17, 15) is 9.59 Å². The molecule has 1 saturated heterocycles. The van der Waals surface area contributed by atoms with Crippen LogP contribution in [-0.4, -0.2) is 41.8 Å². The summed E-state index contributed by atoms with van der Waals surface area (Å²) in [4.78, 5) is 26.1. The molecule has 0 bridgehead atoms. The van der Waals surface area contributed by atoms with Gasteiger partial charge in [-0.25, -0.2) is 0 Å². The van der Waals surface area contributed by atoms with Crippen molar-refractivity contribution < 1.29 is 9.59 Å². The zero-order valence-electron chi connectivity index (χ0n) is 11.3. The smallest absolute Gasteiger partial charge is 0.244 e. The predicted molar refractivity (Wildman–Crippen MR) is 88.4 cm³/mol. The van der Waals surface area contributed by atoms with Gasteiger partial charge in [0.1, 0.15) is 10.5 Å². The van der Waals surface area contributed by atoms with Crippen LogP contribution in [0, 0.1) is 0 Å². The molecule has 0 N–H and O–H groups in total. The van der Waals surface area contributed by atoms with E-state index in [4.69, 9.17) is 0 Å². The average Bonchev–Trinajstić information content (AvgIpc) is 2.41. The maximum atomic E-state index is 12.4. The number of carbonyl (C=O) groups is 2. The van der Waals surface area contributed by atoms with Crippen molar-refractivity contribution in [2.75, 3.05) is 0 Å². The van der Waals surface area contributed by atoms with Crippen LogP contribution in [0.1, 0.15) is 34.6 Å². The molecule has 3 atom stereocenters. The third-order valence-corrected chi connectivity index (χ3v) is 5.78. The first-order chi connectivity index (χ1) is 8.25. The molecule has 3 unspecified atom stereocenters. The standard InChI is InChI=1S/C12H20INO2S2/c1-6(2)17-9-10(18-7(3)4)12(16)14(8(5)13)11(9)15/h6-10H,1-5H3. The molecule has 0 saturated carbocycles. The first-order valence-corrected chi connectivity index (χ1v) is 9.20. The molecule has 104 valence electrons. The molecule has 0 aromatic carbocycles. The zero-order valence-corrected chi connectivity index (χ0v) is 15.1. The Kier molecular flexibility index (Phi) is 6.31. The topological polar surface area (TPSA) is 37.4 Å². The van der Waals surface area contributed by atoms with Gasteiger partial charge in [-0.05, 0) is 17.4 Å². The molecule has 0 aliphatic carbocycles. The lowest BCUT2D eigenvalue weighted by molar-refractivity contribution is -0.138. The summed E-state index contributed by atoms with van der Waals surface area (Å²) in [5, 5.41) is 0.266. The minimum atomic E-state index is -0.220. The van der Waals surface area contributed by atoms with E-state index < -0.39 is 0 Å². The van der Waals surface area contributed by atoms with E-state index in [0.717, 1.165) is 0 Å². The van der Waals surface area contributed by atoms with Crippen LogP contribution in [-0.2, 0) is 9.59 Å². The number of hydrogen-bond acceptors (Lipinski definition) is 4. The molecular weight excluding hydrogens is 381 g/mol. The Morgan fingerprint density at radius 1 is 0.944 bits per heavy atom. The molecular formula is C12H20INO2S2. The van der Waals surface area contributed by atoms with Crippen LogP contribution >= 0.6 is 46.1 Å². The fourth-order valence-electron chi connectivity index (χ4n) is 1.84. The summed E-state index contributed by atoms with van der Waals surface area (Å²) >= 11 is 5.35. The SMILES string of the molecule is CC(C)SC1C(=O)N(C(C)I)C(=O)C1SC(C)C. The van der Waals surface area contributed by atoms with E-state index >= 15 is 0 Å². The lowest BCUT2D eigenvalue weighted by Crippen LogP contribution is -2.36. The summed E-state index contributed by atoms with van der Waals surface area (Å²) in [5.74, 6) is -0.0301. The van der Waals surface area contributed by atoms with Crippen LogP contribution in [0.25, 0.3) is 0 Å². The molecule has 0 radical (unpaired) electrons. The predicted octanol–water partition coefficient (Wildman–Crippen LogP) is 3.16. The van der Waals surface area contributed by atoms with Crippen molar-refractivity contribution in [2.45, 2.75) is 59.7 Å². The Morgan fingerprint density at radius 3 is 1.50 bits per heavy atom. The molecule has 0 aromatic heterocycles. The number of imide groups is 1. The second-order valence-electron chi connectivity index (χ2n) is 4.83. The Bertz CT molecular complexity index is 306. The fraction of sp³-hybridized carbons (Fsp3) is 0.833. The summed E-state index contributed by atoms with van der Waals surface area (Å²) in [6.45, 7) is 10.1. The third-order valence-electron chi connectivity index (χ3n) is 2.43. The van der Waals surface area contributed by atoms with Gasteiger partial charge >= 0.3 is 0 Å². The highest BCUT2D eigenvalue weighted by Crippen LogP contribution is 2.38. The van der Waals surface area contributed by atoms with Crippen molar-refractivity contribution in [1.82, 2.24) is 4.90 Å². The van der Waals surface area contributed by atoms with Crippen LogP contribution < -0.4 is 0 Å². The van der Waals surface area contributed by atoms with Crippen LogP contribution in [0.5, 0.6) is 0 Å². The van der Waals surface area contributed by atoms with Crippen LogP contribution in [0.15, 0.2) is 0 Å². The molecule has 1 aliphatic heterocycles. The Morgan fingerprint density at radius 2 is 1.28 bits per heavy atom. The number of likely N-dealkylation sites (tertiary alicyclic amines) is 1. The lowest BCUT2D eigenvalue weighted by atomic mass is 10.3. The number of nitrogens with zero attached hydrogens (tertiary/aromatic N) is 1. The first kappa shape index (κ1) is 16.6. The maximum absolute atomic E-state index is 12.4. The van der Waals surface area contributed by atoms with Gasteiger partial charge in [-0.3, -0.25) is 14.5 Å². The number of amides is 2. The summed E-state index contributed by atoms with van der Waals surface area (Å²) in [6.07, 6.45) is 0. The van der Waals surface area contributed by atoms with Crippen LogP contribution in [0.3, 0.4) is 0 Å². The van der Waals surface area contributed by atoms with E-state index in [1.165, 1.54) is 4.90 Å². The van der Waals surface area contributed by atoms with Crippen molar-refractivity contribution in [3.8, 4) is 0 Å². The quantitative estimate of drug-likeness (QED) is 0.307. The highest BCUT2D eigenvalue weighted by atomic mass is 127. The highest BCUT2D eigenvalue weighted by molar-refractivity contribution is 14.1. The highest BCUT2D eigenvalue weighted by Gasteiger charge is 2.49. The molecule has 2 amide bonds. The van der Waals surface area contributed by atoms with E-state index in [2.05, 4.69) is 50.3 Å². The van der Waals surface area contributed by atoms with Gasteiger partial charge < -0.3 is 0 Å². The molecule has 6 heteroatoms. The summed E-state index contributed by atoms with van der Waals surface area (Å²) in [5.41, 5.74) is 0. The van der Waals surface area contributed by atoms with E-state index in [1.54, 1.807) is 23.5 Å². The number of hydrogen-bond donors (Lipinski definition) is 0. The van der Waals surface area contributed by atoms with E-state index in [0.29, 0.717) is 10.5 Å². The van der Waals surface area contributed by atoms with Crippen molar-refractivity contribution in [3.05, 3.63) is 0 Å². The van der Waals surface area contributed by atoms with Crippen molar-refractivity contribution in [1.29, 1.82) is 0 Å². The second kappa shape index (κ2) is 6.83. The number of halogens is 1. The molecule has 3 nitrogen and oxygen atoms in total. The van der Waals surface area contributed by atoms with Gasteiger partial charge in [0, 0.05) is 0 Å². The summed E-state index contributed by atoms with van der Waals surface area (Å²) in [6, 6.07) is 0. The van der Waals surface area contributed by atoms with Gasteiger partial charge in [0.05, 0.1) is 4.05 Å². The number of alkyl halides is 1. The van der Waals surface area contributed by atoms with Crippen molar-refractivity contribution in [2.24, 2.45) is 0 Å². The number of rotatable bonds is 5. The Labute approximate surface area is 131 Å². The normalized spacial score (nSPS) is 26.6. The molecule has 0 spiro atoms. The van der Waals surface area contributed by atoms with Crippen LogP contribution in [0.4, 0.5) is 0 Å². The second-order valence-corrected chi connectivity index (χ2v) is 10.1. The molecule has 1 fully saturated rings. The third kappa shape index (κ3) is 3.79. The monoisotopic (exact) mass is 401 g/mol. The number of carbonyl (C=O) groups excluding carboxylic acids is 2. The Balaban J connectivity index is 2.96. The first-order valence-electron chi connectivity index (χ1n) is 6.07. The fourth-order valence-corrected chi connectivity index (χ4v) is 4.92. The van der Waals surface area contributed by atoms with Gasteiger partial charge in [0.25, 0.3) is 0 Å². The van der Waals surface area contributed by atoms with Crippen molar-refractivity contribution >= 4 is 57.9 Å². The maximum Gasteiger partial charge on any atom is 0.244 e. The van der Waals surface area contributed by atoms with Crippen LogP contribution in [0.2, 0.25) is 0 Å². The summed E-state index contributed by atoms with van der Waals surface area (Å²) < 4.78 is -0.0735. The van der Waals surface area contributed by atoms with Gasteiger partial charge in [-0.2, -0.15) is 0 Å². The van der Waals surface area contributed by atoms with E-state index in [-0.39, 0.29) is 26.4 Å². The van der Waals surface area contributed by atoms with Crippen molar-refractivity contribution in [3.63, 3.8) is 0 Å². The van der Waals surface area contributed by atoms with Gasteiger partial charge in [-0.1, -0.05) is 50.3 Å². The largest absolute Gasteiger partial charge is 0.273 e. The minimum Gasteiger partial charge on any atom is -0.273 e. The lowest BCUT2D eigenvalue weighted by Gasteiger charge is -2.18. The zero-order chi connectivity index (χ0) is 14.0. The average molecular weight is 401 g/mol. The van der Waals surface area contributed by atoms with Gasteiger partial charge in [-0.15, -0.1) is 23.5 Å². The van der Waals surface area contributed by atoms with Gasteiger partial charge in [0.15, 0.2) is 0 Å². The number of thioether (sulfide) groups is 2. The molecule has 18 heavy (non-hydrogen) atoms. The Hall–Kier alpha value is 0.570. The molecule has 1 rings (SSSR count). The minimum absolute atomic E-state index is 0.0150. The molecule has 1 aliphatic rings. The molecule has 0 aromatic rings. The van der Waals surface area contributed by atoms with E-state index in [1.807, 2.05) is 6.92 Å². The summed E-state index contributed by atoms with van der Waals surface area (Å²) in [7, 11) is 0.